The number of thioether (sulfide) groups is 1. The highest BCUT2D eigenvalue weighted by Crippen LogP contribution is 2.15. The highest BCUT2D eigenvalue weighted by molar-refractivity contribution is 7.98. The van der Waals surface area contributed by atoms with Gasteiger partial charge < -0.3 is 10.2 Å². The third-order valence-corrected chi connectivity index (χ3v) is 3.50. The van der Waals surface area contributed by atoms with Gasteiger partial charge >= 0.3 is 0 Å². The van der Waals surface area contributed by atoms with E-state index >= 15 is 0 Å². The van der Waals surface area contributed by atoms with Crippen molar-refractivity contribution in [2.24, 2.45) is 0 Å². The molecule has 0 fully saturated rings. The molecule has 17 heavy (non-hydrogen) atoms. The van der Waals surface area contributed by atoms with Crippen LogP contribution in [0.5, 0.6) is 0 Å². The summed E-state index contributed by atoms with van der Waals surface area (Å²) in [6, 6.07) is 8.17. The topological polar surface area (TPSA) is 32.3 Å². The normalized spacial score (nSPS) is 12.2. The largest absolute Gasteiger partial charge is 0.340 e. The molecule has 0 aliphatic rings. The minimum atomic E-state index is -0.134. The molecule has 0 bridgehead atoms. The molecule has 4 heteroatoms. The van der Waals surface area contributed by atoms with Gasteiger partial charge in [-0.25, -0.2) is 0 Å². The van der Waals surface area contributed by atoms with E-state index in [1.807, 2.05) is 14.0 Å². The van der Waals surface area contributed by atoms with Gasteiger partial charge in [-0.05, 0) is 37.9 Å². The molecule has 1 atom stereocenters. The lowest BCUT2D eigenvalue weighted by atomic mass is 10.2. The second-order valence-corrected chi connectivity index (χ2v) is 4.93. The quantitative estimate of drug-likeness (QED) is 0.813. The Labute approximate surface area is 108 Å². The van der Waals surface area contributed by atoms with Gasteiger partial charge in [-0.3, -0.25) is 4.79 Å². The summed E-state index contributed by atoms with van der Waals surface area (Å²) in [5.41, 5.74) is 1.15. The Bertz CT molecular complexity index is 364. The zero-order valence-corrected chi connectivity index (χ0v) is 11.7. The lowest BCUT2D eigenvalue weighted by Crippen LogP contribution is -2.41. The molecule has 1 N–H and O–H groups in total. The fourth-order valence-corrected chi connectivity index (χ4v) is 1.95. The number of rotatable bonds is 5. The van der Waals surface area contributed by atoms with Crippen molar-refractivity contribution in [3.8, 4) is 0 Å². The van der Waals surface area contributed by atoms with Crippen molar-refractivity contribution in [1.29, 1.82) is 0 Å². The number of nitrogens with one attached hydrogen (secondary N) is 1. The van der Waals surface area contributed by atoms with Crippen LogP contribution >= 0.6 is 11.8 Å². The first-order chi connectivity index (χ1) is 8.08. The molecule has 0 aromatic heterocycles. The van der Waals surface area contributed by atoms with Crippen molar-refractivity contribution in [1.82, 2.24) is 10.2 Å². The molecule has 1 aromatic rings. The van der Waals surface area contributed by atoms with Crippen LogP contribution in [0.25, 0.3) is 0 Å². The van der Waals surface area contributed by atoms with Crippen molar-refractivity contribution in [2.75, 3.05) is 20.4 Å². The minimum absolute atomic E-state index is 0.112. The van der Waals surface area contributed by atoms with Crippen molar-refractivity contribution in [3.63, 3.8) is 0 Å². The molecule has 1 unspecified atom stereocenters. The molecular weight excluding hydrogens is 232 g/mol. The second-order valence-electron chi connectivity index (χ2n) is 4.05. The predicted molar refractivity (Wildman–Crippen MR) is 73.2 cm³/mol. The van der Waals surface area contributed by atoms with Gasteiger partial charge in [0.05, 0.1) is 6.04 Å². The Morgan fingerprint density at radius 3 is 2.47 bits per heavy atom. The highest BCUT2D eigenvalue weighted by Gasteiger charge is 2.15. The Balaban J connectivity index is 2.61. The third kappa shape index (κ3) is 4.06. The number of carbonyl (C=O) groups excluding carboxylic acids is 1. The number of likely N-dealkylation sites (N-methyl/N-ethyl adjacent to an activating group) is 2. The third-order valence-electron chi connectivity index (χ3n) is 2.76. The van der Waals surface area contributed by atoms with E-state index in [2.05, 4.69) is 35.8 Å². The number of hydrogen-bond donors (Lipinski definition) is 1. The summed E-state index contributed by atoms with van der Waals surface area (Å²) in [5, 5.41) is 2.96. The first kappa shape index (κ1) is 14.1. The molecular formula is C13H20N2OS. The Morgan fingerprint density at radius 1 is 1.41 bits per heavy atom. The van der Waals surface area contributed by atoms with Crippen molar-refractivity contribution in [3.05, 3.63) is 29.8 Å². The van der Waals surface area contributed by atoms with Crippen molar-refractivity contribution < 1.29 is 4.79 Å². The molecule has 0 aliphatic heterocycles. The van der Waals surface area contributed by atoms with E-state index in [4.69, 9.17) is 0 Å². The molecule has 0 radical (unpaired) electrons. The SMILES string of the molecule is CNC(C)C(=O)N(C)Cc1ccc(SC)cc1. The maximum atomic E-state index is 11.9. The number of benzene rings is 1. The van der Waals surface area contributed by atoms with E-state index in [-0.39, 0.29) is 11.9 Å². The molecule has 0 aliphatic carbocycles. The summed E-state index contributed by atoms with van der Waals surface area (Å²) >= 11 is 1.72. The van der Waals surface area contributed by atoms with Gasteiger partial charge in [0.2, 0.25) is 5.91 Å². The maximum absolute atomic E-state index is 11.9. The van der Waals surface area contributed by atoms with Crippen LogP contribution in [0.15, 0.2) is 29.2 Å². The summed E-state index contributed by atoms with van der Waals surface area (Å²) in [6.45, 7) is 2.52. The number of carbonyl (C=O) groups is 1. The van der Waals surface area contributed by atoms with Crippen molar-refractivity contribution >= 4 is 17.7 Å². The van der Waals surface area contributed by atoms with E-state index in [9.17, 15) is 4.79 Å². The van der Waals surface area contributed by atoms with Gasteiger partial charge in [-0.15, -0.1) is 11.8 Å². The average molecular weight is 252 g/mol. The molecule has 0 heterocycles. The summed E-state index contributed by atoms with van der Waals surface area (Å²) in [4.78, 5) is 14.8. The van der Waals surface area contributed by atoms with Crippen molar-refractivity contribution in [2.45, 2.75) is 24.4 Å². The number of amides is 1. The molecule has 1 amide bonds. The number of nitrogens with zero attached hydrogens (tertiary/aromatic N) is 1. The first-order valence-electron chi connectivity index (χ1n) is 5.63. The second kappa shape index (κ2) is 6.67. The number of hydrogen-bond acceptors (Lipinski definition) is 3. The van der Waals surface area contributed by atoms with Crippen LogP contribution in [-0.4, -0.2) is 37.2 Å². The van der Waals surface area contributed by atoms with E-state index in [0.717, 1.165) is 5.56 Å². The standard InChI is InChI=1S/C13H20N2OS/c1-10(14-2)13(16)15(3)9-11-5-7-12(17-4)8-6-11/h5-8,10,14H,9H2,1-4H3. The van der Waals surface area contributed by atoms with Crippen LogP contribution in [0.2, 0.25) is 0 Å². The van der Waals surface area contributed by atoms with Crippen LogP contribution in [0.3, 0.4) is 0 Å². The Morgan fingerprint density at radius 2 is 2.00 bits per heavy atom. The van der Waals surface area contributed by atoms with E-state index in [1.54, 1.807) is 23.7 Å². The summed E-state index contributed by atoms with van der Waals surface area (Å²) < 4.78 is 0. The van der Waals surface area contributed by atoms with E-state index < -0.39 is 0 Å². The van der Waals surface area contributed by atoms with E-state index in [1.165, 1.54) is 4.90 Å². The van der Waals surface area contributed by atoms with Gasteiger partial charge in [0.25, 0.3) is 0 Å². The van der Waals surface area contributed by atoms with Gasteiger partial charge in [0.15, 0.2) is 0 Å². The average Bonchev–Trinajstić information content (AvgIpc) is 2.37. The molecule has 1 aromatic carbocycles. The molecule has 94 valence electrons. The zero-order valence-electron chi connectivity index (χ0n) is 10.9. The molecule has 1 rings (SSSR count). The van der Waals surface area contributed by atoms with Crippen LogP contribution < -0.4 is 5.32 Å². The summed E-state index contributed by atoms with van der Waals surface area (Å²) in [5.74, 6) is 0.112. The van der Waals surface area contributed by atoms with Gasteiger partial charge in [0, 0.05) is 18.5 Å². The van der Waals surface area contributed by atoms with Crippen LogP contribution in [0.1, 0.15) is 12.5 Å². The smallest absolute Gasteiger partial charge is 0.239 e. The Kier molecular flexibility index (Phi) is 5.51. The molecule has 3 nitrogen and oxygen atoms in total. The molecule has 0 saturated carbocycles. The minimum Gasteiger partial charge on any atom is -0.340 e. The first-order valence-corrected chi connectivity index (χ1v) is 6.86. The summed E-state index contributed by atoms with van der Waals surface area (Å²) in [6.07, 6.45) is 2.05. The fourth-order valence-electron chi connectivity index (χ4n) is 1.54. The monoisotopic (exact) mass is 252 g/mol. The predicted octanol–water partition coefficient (Wildman–Crippen LogP) is 1.97. The fraction of sp³-hybridized carbons (Fsp3) is 0.462. The molecule has 0 spiro atoms. The molecule has 0 saturated heterocycles. The zero-order chi connectivity index (χ0) is 12.8. The maximum Gasteiger partial charge on any atom is 0.239 e. The lowest BCUT2D eigenvalue weighted by molar-refractivity contribution is -0.132. The highest BCUT2D eigenvalue weighted by atomic mass is 32.2. The van der Waals surface area contributed by atoms with Gasteiger partial charge in [0.1, 0.15) is 0 Å². The van der Waals surface area contributed by atoms with E-state index in [0.29, 0.717) is 6.54 Å². The lowest BCUT2D eigenvalue weighted by Gasteiger charge is -2.21. The van der Waals surface area contributed by atoms with Gasteiger partial charge in [-0.2, -0.15) is 0 Å². The Hall–Kier alpha value is -1.00. The van der Waals surface area contributed by atoms with Crippen LogP contribution in [0.4, 0.5) is 0 Å². The van der Waals surface area contributed by atoms with Crippen LogP contribution in [-0.2, 0) is 11.3 Å². The summed E-state index contributed by atoms with van der Waals surface area (Å²) in [7, 11) is 3.63. The van der Waals surface area contributed by atoms with Crippen LogP contribution in [0, 0.1) is 0 Å². The van der Waals surface area contributed by atoms with Gasteiger partial charge in [-0.1, -0.05) is 12.1 Å².